The molecule has 2 heterocycles. The molecule has 2 N–H and O–H groups in total. The van der Waals surface area contributed by atoms with E-state index in [2.05, 4.69) is 15.5 Å². The van der Waals surface area contributed by atoms with E-state index in [-0.39, 0.29) is 0 Å². The molecule has 0 atom stereocenters. The molecule has 0 spiro atoms. The molecule has 2 rings (SSSR count). The molecule has 102 valence electrons. The van der Waals surface area contributed by atoms with Crippen molar-refractivity contribution < 1.29 is 8.42 Å². The van der Waals surface area contributed by atoms with Crippen molar-refractivity contribution in [3.05, 3.63) is 17.5 Å². The number of aryl methyl sites for hydroxylation is 1. The van der Waals surface area contributed by atoms with Crippen LogP contribution in [0.2, 0.25) is 0 Å². The number of rotatable bonds is 4. The summed E-state index contributed by atoms with van der Waals surface area (Å²) in [6, 6.07) is 0.386. The summed E-state index contributed by atoms with van der Waals surface area (Å²) in [5, 5.41) is 10.3. The standard InChI is InChI=1S/C11H20N4O2S/c1-9-10(8-13-14-9)7-12-11-3-5-15(6-4-11)18(2,16)17/h8,11-12H,3-7H2,1-2H3,(H,13,14). The third-order valence-corrected chi connectivity index (χ3v) is 4.74. The van der Waals surface area contributed by atoms with Crippen LogP contribution in [0, 0.1) is 6.92 Å². The fraction of sp³-hybridized carbons (Fsp3) is 0.727. The zero-order chi connectivity index (χ0) is 13.2. The number of sulfonamides is 1. The molecule has 0 aromatic carbocycles. The summed E-state index contributed by atoms with van der Waals surface area (Å²) in [5.41, 5.74) is 2.25. The van der Waals surface area contributed by atoms with Crippen molar-refractivity contribution in [3.8, 4) is 0 Å². The van der Waals surface area contributed by atoms with Crippen molar-refractivity contribution in [1.29, 1.82) is 0 Å². The molecule has 7 heteroatoms. The molecule has 1 aromatic rings. The predicted octanol–water partition coefficient (Wildman–Crippen LogP) is 0.232. The molecule has 1 aromatic heterocycles. The van der Waals surface area contributed by atoms with Crippen molar-refractivity contribution in [2.75, 3.05) is 19.3 Å². The van der Waals surface area contributed by atoms with Crippen LogP contribution >= 0.6 is 0 Å². The van der Waals surface area contributed by atoms with E-state index in [0.717, 1.165) is 25.1 Å². The highest BCUT2D eigenvalue weighted by molar-refractivity contribution is 7.88. The number of hydrogen-bond donors (Lipinski definition) is 2. The van der Waals surface area contributed by atoms with Crippen molar-refractivity contribution >= 4 is 10.0 Å². The number of H-pyrrole nitrogens is 1. The van der Waals surface area contributed by atoms with E-state index in [1.807, 2.05) is 13.1 Å². The van der Waals surface area contributed by atoms with Gasteiger partial charge in [0.25, 0.3) is 0 Å². The smallest absolute Gasteiger partial charge is 0.211 e. The van der Waals surface area contributed by atoms with Gasteiger partial charge >= 0.3 is 0 Å². The molecule has 6 nitrogen and oxygen atoms in total. The lowest BCUT2D eigenvalue weighted by atomic mass is 10.1. The Morgan fingerprint density at radius 1 is 1.50 bits per heavy atom. The van der Waals surface area contributed by atoms with E-state index < -0.39 is 10.0 Å². The molecular weight excluding hydrogens is 252 g/mol. The number of hydrogen-bond acceptors (Lipinski definition) is 4. The zero-order valence-electron chi connectivity index (χ0n) is 10.8. The van der Waals surface area contributed by atoms with Crippen LogP contribution in [0.15, 0.2) is 6.20 Å². The van der Waals surface area contributed by atoms with Crippen LogP contribution in [-0.4, -0.2) is 48.3 Å². The van der Waals surface area contributed by atoms with Crippen LogP contribution in [-0.2, 0) is 16.6 Å². The van der Waals surface area contributed by atoms with E-state index in [1.165, 1.54) is 11.8 Å². The normalized spacial score (nSPS) is 19.2. The van der Waals surface area contributed by atoms with Crippen molar-refractivity contribution in [2.24, 2.45) is 0 Å². The Morgan fingerprint density at radius 2 is 2.17 bits per heavy atom. The van der Waals surface area contributed by atoms with Gasteiger partial charge in [-0.2, -0.15) is 5.10 Å². The molecule has 1 aliphatic rings. The highest BCUT2D eigenvalue weighted by Gasteiger charge is 2.24. The molecule has 0 aliphatic carbocycles. The quantitative estimate of drug-likeness (QED) is 0.822. The van der Waals surface area contributed by atoms with Gasteiger partial charge in [-0.3, -0.25) is 5.10 Å². The molecule has 0 amide bonds. The van der Waals surface area contributed by atoms with Gasteiger partial charge in [-0.15, -0.1) is 0 Å². The number of nitrogens with zero attached hydrogens (tertiary/aromatic N) is 2. The maximum absolute atomic E-state index is 11.4. The fourth-order valence-electron chi connectivity index (χ4n) is 2.20. The second kappa shape index (κ2) is 5.38. The average Bonchev–Trinajstić information content (AvgIpc) is 2.72. The molecule has 0 bridgehead atoms. The Labute approximate surface area is 108 Å². The van der Waals surface area contributed by atoms with Gasteiger partial charge in [-0.1, -0.05) is 0 Å². The number of aromatic amines is 1. The van der Waals surface area contributed by atoms with Crippen LogP contribution in [0.3, 0.4) is 0 Å². The second-order valence-electron chi connectivity index (χ2n) is 4.84. The Balaban J connectivity index is 1.79. The van der Waals surface area contributed by atoms with Crippen LogP contribution in [0.5, 0.6) is 0 Å². The van der Waals surface area contributed by atoms with Gasteiger partial charge in [0.15, 0.2) is 0 Å². The third kappa shape index (κ3) is 3.30. The van der Waals surface area contributed by atoms with E-state index in [9.17, 15) is 8.42 Å². The molecular formula is C11H20N4O2S. The first kappa shape index (κ1) is 13.5. The summed E-state index contributed by atoms with van der Waals surface area (Å²) in [6.45, 7) is 4.00. The molecule has 0 saturated carbocycles. The van der Waals surface area contributed by atoms with Gasteiger partial charge in [-0.25, -0.2) is 12.7 Å². The van der Waals surface area contributed by atoms with Crippen LogP contribution in [0.4, 0.5) is 0 Å². The van der Waals surface area contributed by atoms with Gasteiger partial charge in [0.1, 0.15) is 0 Å². The van der Waals surface area contributed by atoms with E-state index in [0.29, 0.717) is 19.1 Å². The SMILES string of the molecule is Cc1[nH]ncc1CNC1CCN(S(C)(=O)=O)CC1. The molecule has 18 heavy (non-hydrogen) atoms. The van der Waals surface area contributed by atoms with E-state index >= 15 is 0 Å². The van der Waals surface area contributed by atoms with Crippen molar-refractivity contribution in [1.82, 2.24) is 19.8 Å². The monoisotopic (exact) mass is 272 g/mol. The minimum atomic E-state index is -3.02. The summed E-state index contributed by atoms with van der Waals surface area (Å²) >= 11 is 0. The molecule has 1 saturated heterocycles. The lowest BCUT2D eigenvalue weighted by Crippen LogP contribution is -2.44. The van der Waals surface area contributed by atoms with Crippen molar-refractivity contribution in [3.63, 3.8) is 0 Å². The third-order valence-electron chi connectivity index (χ3n) is 3.44. The maximum atomic E-state index is 11.4. The summed E-state index contributed by atoms with van der Waals surface area (Å²) in [4.78, 5) is 0. The first-order valence-electron chi connectivity index (χ1n) is 6.14. The van der Waals surface area contributed by atoms with E-state index in [4.69, 9.17) is 0 Å². The highest BCUT2D eigenvalue weighted by atomic mass is 32.2. The van der Waals surface area contributed by atoms with Crippen LogP contribution in [0.25, 0.3) is 0 Å². The van der Waals surface area contributed by atoms with Crippen LogP contribution in [0.1, 0.15) is 24.1 Å². The maximum Gasteiger partial charge on any atom is 0.211 e. The molecule has 1 aliphatic heterocycles. The largest absolute Gasteiger partial charge is 0.310 e. The minimum absolute atomic E-state index is 0.386. The van der Waals surface area contributed by atoms with Gasteiger partial charge in [0.05, 0.1) is 12.5 Å². The fourth-order valence-corrected chi connectivity index (χ4v) is 3.07. The number of piperidine rings is 1. The topological polar surface area (TPSA) is 78.1 Å². The van der Waals surface area contributed by atoms with Crippen LogP contribution < -0.4 is 5.32 Å². The molecule has 0 unspecified atom stereocenters. The van der Waals surface area contributed by atoms with Gasteiger partial charge < -0.3 is 5.32 Å². The predicted molar refractivity (Wildman–Crippen MR) is 69.6 cm³/mol. The molecule has 1 fully saturated rings. The zero-order valence-corrected chi connectivity index (χ0v) is 11.6. The Kier molecular flexibility index (Phi) is 4.04. The first-order valence-corrected chi connectivity index (χ1v) is 7.99. The lowest BCUT2D eigenvalue weighted by Gasteiger charge is -2.30. The minimum Gasteiger partial charge on any atom is -0.310 e. The second-order valence-corrected chi connectivity index (χ2v) is 6.82. The van der Waals surface area contributed by atoms with E-state index in [1.54, 1.807) is 4.31 Å². The van der Waals surface area contributed by atoms with Gasteiger partial charge in [-0.05, 0) is 19.8 Å². The van der Waals surface area contributed by atoms with Gasteiger partial charge in [0.2, 0.25) is 10.0 Å². The summed E-state index contributed by atoms with van der Waals surface area (Å²) in [5.74, 6) is 0. The average molecular weight is 272 g/mol. The summed E-state index contributed by atoms with van der Waals surface area (Å²) in [7, 11) is -3.02. The lowest BCUT2D eigenvalue weighted by molar-refractivity contribution is 0.290. The van der Waals surface area contributed by atoms with Crippen molar-refractivity contribution in [2.45, 2.75) is 32.4 Å². The summed E-state index contributed by atoms with van der Waals surface area (Å²) < 4.78 is 24.3. The number of nitrogens with one attached hydrogen (secondary N) is 2. The summed E-state index contributed by atoms with van der Waals surface area (Å²) in [6.07, 6.45) is 4.83. The number of aromatic nitrogens is 2. The Bertz CT molecular complexity index is 489. The first-order chi connectivity index (χ1) is 8.47. The Hall–Kier alpha value is -0.920. The Morgan fingerprint density at radius 3 is 2.67 bits per heavy atom. The van der Waals surface area contributed by atoms with Gasteiger partial charge in [0, 0.05) is 36.9 Å². The molecule has 0 radical (unpaired) electrons. The highest BCUT2D eigenvalue weighted by Crippen LogP contribution is 2.14.